The first-order chi connectivity index (χ1) is 14.3. The van der Waals surface area contributed by atoms with E-state index in [1.807, 2.05) is 6.20 Å². The van der Waals surface area contributed by atoms with Gasteiger partial charge in [0.2, 0.25) is 0 Å². The van der Waals surface area contributed by atoms with E-state index in [9.17, 15) is 0 Å². The standard InChI is InChI=1S/C24H33N5/c1-2-25-24(29-15-12-21(19-29)16-20-8-4-3-5-9-20)27-18-22-10-11-23(26-17-22)28-13-6-7-14-28/h3-5,8-11,17,21H,2,6-7,12-16,18-19H2,1H3,(H,25,27). The number of likely N-dealkylation sites (tertiary alicyclic amines) is 1. The van der Waals surface area contributed by atoms with E-state index in [1.165, 1.54) is 30.4 Å². The van der Waals surface area contributed by atoms with Crippen LogP contribution in [0, 0.1) is 5.92 Å². The van der Waals surface area contributed by atoms with Crippen LogP contribution in [0.3, 0.4) is 0 Å². The lowest BCUT2D eigenvalue weighted by atomic mass is 9.99. The van der Waals surface area contributed by atoms with E-state index in [0.717, 1.165) is 50.9 Å². The molecule has 29 heavy (non-hydrogen) atoms. The summed E-state index contributed by atoms with van der Waals surface area (Å²) in [5, 5.41) is 3.48. The van der Waals surface area contributed by atoms with Crippen molar-refractivity contribution >= 4 is 11.8 Å². The highest BCUT2D eigenvalue weighted by atomic mass is 15.3. The summed E-state index contributed by atoms with van der Waals surface area (Å²) >= 11 is 0. The Balaban J connectivity index is 1.35. The maximum Gasteiger partial charge on any atom is 0.194 e. The van der Waals surface area contributed by atoms with Crippen molar-refractivity contribution in [3.63, 3.8) is 0 Å². The zero-order valence-corrected chi connectivity index (χ0v) is 17.6. The molecule has 1 atom stereocenters. The smallest absolute Gasteiger partial charge is 0.194 e. The van der Waals surface area contributed by atoms with Crippen LogP contribution in [0.15, 0.2) is 53.7 Å². The molecule has 0 spiro atoms. The molecule has 0 radical (unpaired) electrons. The fourth-order valence-corrected chi connectivity index (χ4v) is 4.37. The molecule has 1 aromatic heterocycles. The second kappa shape index (κ2) is 9.77. The molecule has 2 fully saturated rings. The van der Waals surface area contributed by atoms with Crippen molar-refractivity contribution in [2.75, 3.05) is 37.6 Å². The predicted octanol–water partition coefficient (Wildman–Crippen LogP) is 3.71. The van der Waals surface area contributed by atoms with Crippen molar-refractivity contribution in [1.29, 1.82) is 0 Å². The molecular formula is C24H33N5. The predicted molar refractivity (Wildman–Crippen MR) is 120 cm³/mol. The SMILES string of the molecule is CCNC(=NCc1ccc(N2CCCC2)nc1)N1CCC(Cc2ccccc2)C1. The number of hydrogen-bond donors (Lipinski definition) is 1. The van der Waals surface area contributed by atoms with Crippen LogP contribution >= 0.6 is 0 Å². The summed E-state index contributed by atoms with van der Waals surface area (Å²) in [4.78, 5) is 14.4. The van der Waals surface area contributed by atoms with Crippen molar-refractivity contribution in [2.24, 2.45) is 10.9 Å². The highest BCUT2D eigenvalue weighted by molar-refractivity contribution is 5.80. The van der Waals surface area contributed by atoms with E-state index in [1.54, 1.807) is 0 Å². The minimum Gasteiger partial charge on any atom is -0.357 e. The number of anilines is 1. The fourth-order valence-electron chi connectivity index (χ4n) is 4.37. The van der Waals surface area contributed by atoms with Crippen LogP contribution < -0.4 is 10.2 Å². The summed E-state index contributed by atoms with van der Waals surface area (Å²) in [5.74, 6) is 2.83. The molecule has 2 aliphatic rings. The summed E-state index contributed by atoms with van der Waals surface area (Å²) < 4.78 is 0. The van der Waals surface area contributed by atoms with Crippen LogP contribution in [-0.4, -0.2) is 48.6 Å². The lowest BCUT2D eigenvalue weighted by molar-refractivity contribution is 0.460. The molecule has 4 rings (SSSR count). The Labute approximate surface area is 174 Å². The Morgan fingerprint density at radius 3 is 2.62 bits per heavy atom. The average molecular weight is 392 g/mol. The van der Waals surface area contributed by atoms with Crippen molar-refractivity contribution in [2.45, 2.75) is 39.2 Å². The van der Waals surface area contributed by atoms with Crippen molar-refractivity contribution < 1.29 is 0 Å². The molecule has 0 aliphatic carbocycles. The second-order valence-corrected chi connectivity index (χ2v) is 8.18. The van der Waals surface area contributed by atoms with Crippen molar-refractivity contribution in [3.05, 3.63) is 59.8 Å². The van der Waals surface area contributed by atoms with E-state index in [4.69, 9.17) is 4.99 Å². The van der Waals surface area contributed by atoms with E-state index in [2.05, 4.69) is 69.5 Å². The maximum absolute atomic E-state index is 4.91. The topological polar surface area (TPSA) is 43.8 Å². The molecule has 5 nitrogen and oxygen atoms in total. The van der Waals surface area contributed by atoms with Gasteiger partial charge < -0.3 is 15.1 Å². The third-order valence-electron chi connectivity index (χ3n) is 5.94. The average Bonchev–Trinajstić information content (AvgIpc) is 3.45. The zero-order chi connectivity index (χ0) is 19.9. The highest BCUT2D eigenvalue weighted by Gasteiger charge is 2.25. The van der Waals surface area contributed by atoms with Crippen LogP contribution in [-0.2, 0) is 13.0 Å². The van der Waals surface area contributed by atoms with Gasteiger partial charge in [-0.1, -0.05) is 36.4 Å². The third-order valence-corrected chi connectivity index (χ3v) is 5.94. The molecule has 2 saturated heterocycles. The van der Waals surface area contributed by atoms with Crippen molar-refractivity contribution in [1.82, 2.24) is 15.2 Å². The molecule has 2 aliphatic heterocycles. The first kappa shape index (κ1) is 19.7. The van der Waals surface area contributed by atoms with Gasteiger partial charge in [-0.15, -0.1) is 0 Å². The van der Waals surface area contributed by atoms with Crippen LogP contribution in [0.2, 0.25) is 0 Å². The van der Waals surface area contributed by atoms with E-state index < -0.39 is 0 Å². The molecule has 5 heteroatoms. The lowest BCUT2D eigenvalue weighted by Gasteiger charge is -2.22. The monoisotopic (exact) mass is 391 g/mol. The Kier molecular flexibility index (Phi) is 6.65. The summed E-state index contributed by atoms with van der Waals surface area (Å²) in [5.41, 5.74) is 2.61. The van der Waals surface area contributed by atoms with Gasteiger partial charge in [-0.05, 0) is 55.7 Å². The Morgan fingerprint density at radius 2 is 1.90 bits per heavy atom. The molecule has 3 heterocycles. The Bertz CT molecular complexity index is 781. The second-order valence-electron chi connectivity index (χ2n) is 8.18. The van der Waals surface area contributed by atoms with Gasteiger partial charge in [0.05, 0.1) is 6.54 Å². The number of nitrogens with zero attached hydrogens (tertiary/aromatic N) is 4. The van der Waals surface area contributed by atoms with Gasteiger partial charge in [-0.3, -0.25) is 0 Å². The molecular weight excluding hydrogens is 358 g/mol. The zero-order valence-electron chi connectivity index (χ0n) is 17.6. The van der Waals surface area contributed by atoms with E-state index in [0.29, 0.717) is 12.5 Å². The highest BCUT2D eigenvalue weighted by Crippen LogP contribution is 2.21. The number of nitrogens with one attached hydrogen (secondary N) is 1. The molecule has 2 aromatic rings. The van der Waals surface area contributed by atoms with E-state index in [-0.39, 0.29) is 0 Å². The largest absolute Gasteiger partial charge is 0.357 e. The quantitative estimate of drug-likeness (QED) is 0.602. The van der Waals surface area contributed by atoms with Gasteiger partial charge in [0.1, 0.15) is 5.82 Å². The van der Waals surface area contributed by atoms with Crippen molar-refractivity contribution in [3.8, 4) is 0 Å². The number of guanidine groups is 1. The van der Waals surface area contributed by atoms with Crippen LogP contribution in [0.5, 0.6) is 0 Å². The van der Waals surface area contributed by atoms with Gasteiger partial charge in [0.15, 0.2) is 5.96 Å². The normalized spacial score (nSPS) is 19.8. The Morgan fingerprint density at radius 1 is 1.07 bits per heavy atom. The summed E-state index contributed by atoms with van der Waals surface area (Å²) in [6.45, 7) is 8.13. The minimum atomic E-state index is 0.676. The van der Waals surface area contributed by atoms with E-state index >= 15 is 0 Å². The number of benzene rings is 1. The lowest BCUT2D eigenvalue weighted by Crippen LogP contribution is -2.40. The summed E-state index contributed by atoms with van der Waals surface area (Å²) in [6, 6.07) is 15.2. The first-order valence-corrected chi connectivity index (χ1v) is 11.1. The Hall–Kier alpha value is -2.56. The summed E-state index contributed by atoms with van der Waals surface area (Å²) in [7, 11) is 0. The first-order valence-electron chi connectivity index (χ1n) is 11.1. The molecule has 154 valence electrons. The molecule has 0 amide bonds. The molecule has 1 N–H and O–H groups in total. The fraction of sp³-hybridized carbons (Fsp3) is 0.500. The molecule has 1 unspecified atom stereocenters. The van der Waals surface area contributed by atoms with Gasteiger partial charge in [-0.2, -0.15) is 0 Å². The van der Waals surface area contributed by atoms with Gasteiger partial charge >= 0.3 is 0 Å². The molecule has 1 aromatic carbocycles. The van der Waals surface area contributed by atoms with Gasteiger partial charge in [0.25, 0.3) is 0 Å². The van der Waals surface area contributed by atoms with Crippen LogP contribution in [0.25, 0.3) is 0 Å². The number of rotatable bonds is 6. The number of aromatic nitrogens is 1. The minimum absolute atomic E-state index is 0.676. The van der Waals surface area contributed by atoms with Gasteiger partial charge in [0, 0.05) is 38.9 Å². The van der Waals surface area contributed by atoms with Crippen LogP contribution in [0.4, 0.5) is 5.82 Å². The number of pyridine rings is 1. The molecule has 0 bridgehead atoms. The van der Waals surface area contributed by atoms with Gasteiger partial charge in [-0.25, -0.2) is 9.98 Å². The maximum atomic E-state index is 4.91. The number of hydrogen-bond acceptors (Lipinski definition) is 3. The molecule has 0 saturated carbocycles. The third kappa shape index (κ3) is 5.28. The summed E-state index contributed by atoms with van der Waals surface area (Å²) in [6.07, 6.45) is 6.93. The van der Waals surface area contributed by atoms with Crippen LogP contribution in [0.1, 0.15) is 37.3 Å². The number of aliphatic imine (C=N–C) groups is 1.